The summed E-state index contributed by atoms with van der Waals surface area (Å²) in [5.41, 5.74) is 6.72. The summed E-state index contributed by atoms with van der Waals surface area (Å²) in [6, 6.07) is 4.74. The first-order chi connectivity index (χ1) is 10.4. The summed E-state index contributed by atoms with van der Waals surface area (Å²) < 4.78 is 4.97. The molecule has 22 heavy (non-hydrogen) atoms. The van der Waals surface area contributed by atoms with Gasteiger partial charge in [-0.1, -0.05) is 33.8 Å². The Morgan fingerprint density at radius 3 is 2.50 bits per heavy atom. The standard InChI is InChI=1S/C15H24N2O3.C2H6/c1-10(2)8-12(16)15(19)17-7-6-11-4-5-14(20-3)13(18)9-11;1-2/h4-5,9-10,12,18H,6-8,16H2,1-3H3,(H,17,19);1-2H3/t12-;/m1./s1. The predicted octanol–water partition coefficient (Wildman–Crippen LogP) is 2.46. The molecule has 1 atom stereocenters. The van der Waals surface area contributed by atoms with Gasteiger partial charge in [-0.05, 0) is 36.5 Å². The highest BCUT2D eigenvalue weighted by molar-refractivity contribution is 5.81. The Bertz CT molecular complexity index is 448. The second kappa shape index (κ2) is 10.9. The molecule has 5 heteroatoms. The third-order valence-corrected chi connectivity index (χ3v) is 3.02. The molecule has 1 amide bonds. The number of hydrogen-bond donors (Lipinski definition) is 3. The van der Waals surface area contributed by atoms with Crippen molar-refractivity contribution in [2.45, 2.75) is 46.6 Å². The van der Waals surface area contributed by atoms with Gasteiger partial charge in [-0.25, -0.2) is 0 Å². The molecule has 1 aromatic carbocycles. The summed E-state index contributed by atoms with van der Waals surface area (Å²) in [4.78, 5) is 11.7. The molecule has 0 bridgehead atoms. The van der Waals surface area contributed by atoms with Gasteiger partial charge in [-0.15, -0.1) is 0 Å². The molecule has 0 heterocycles. The van der Waals surface area contributed by atoms with Crippen LogP contribution in [0.1, 0.15) is 39.7 Å². The number of amides is 1. The van der Waals surface area contributed by atoms with Crippen LogP contribution in [0, 0.1) is 5.92 Å². The van der Waals surface area contributed by atoms with Crippen LogP contribution in [0.3, 0.4) is 0 Å². The maximum atomic E-state index is 11.7. The van der Waals surface area contributed by atoms with Crippen molar-refractivity contribution in [2.24, 2.45) is 11.7 Å². The van der Waals surface area contributed by atoms with Crippen LogP contribution in [0.2, 0.25) is 0 Å². The predicted molar refractivity (Wildman–Crippen MR) is 90.2 cm³/mol. The molecule has 0 saturated heterocycles. The lowest BCUT2D eigenvalue weighted by atomic mass is 10.0. The van der Waals surface area contributed by atoms with Crippen LogP contribution in [0.4, 0.5) is 0 Å². The van der Waals surface area contributed by atoms with Crippen LogP contribution in [0.15, 0.2) is 18.2 Å². The minimum atomic E-state index is -0.459. The molecule has 0 fully saturated rings. The number of nitrogens with two attached hydrogens (primary N) is 1. The lowest BCUT2D eigenvalue weighted by molar-refractivity contribution is -0.122. The van der Waals surface area contributed by atoms with Crippen LogP contribution < -0.4 is 15.8 Å². The average Bonchev–Trinajstić information content (AvgIpc) is 2.48. The molecule has 0 aliphatic rings. The molecule has 1 aromatic rings. The van der Waals surface area contributed by atoms with Gasteiger partial charge in [0.2, 0.25) is 5.91 Å². The van der Waals surface area contributed by atoms with Crippen molar-refractivity contribution in [3.05, 3.63) is 23.8 Å². The second-order valence-electron chi connectivity index (χ2n) is 5.28. The zero-order valence-electron chi connectivity index (χ0n) is 14.3. The maximum Gasteiger partial charge on any atom is 0.236 e. The van der Waals surface area contributed by atoms with Crippen LogP contribution in [-0.2, 0) is 11.2 Å². The molecule has 0 aliphatic carbocycles. The van der Waals surface area contributed by atoms with Gasteiger partial charge in [-0.2, -0.15) is 0 Å². The molecule has 0 spiro atoms. The van der Waals surface area contributed by atoms with Crippen LogP contribution in [0.5, 0.6) is 11.5 Å². The number of aromatic hydroxyl groups is 1. The fraction of sp³-hybridized carbons (Fsp3) is 0.588. The third kappa shape index (κ3) is 7.31. The summed E-state index contributed by atoms with van der Waals surface area (Å²) in [6.07, 6.45) is 1.31. The van der Waals surface area contributed by atoms with Crippen molar-refractivity contribution in [3.8, 4) is 11.5 Å². The number of rotatable bonds is 7. The Labute approximate surface area is 133 Å². The number of ether oxygens (including phenoxy) is 1. The van der Waals surface area contributed by atoms with E-state index in [9.17, 15) is 9.90 Å². The third-order valence-electron chi connectivity index (χ3n) is 3.02. The molecular formula is C17H30N2O3. The van der Waals surface area contributed by atoms with Gasteiger partial charge in [0.25, 0.3) is 0 Å². The summed E-state index contributed by atoms with van der Waals surface area (Å²) in [7, 11) is 1.51. The summed E-state index contributed by atoms with van der Waals surface area (Å²) >= 11 is 0. The van der Waals surface area contributed by atoms with E-state index in [0.717, 1.165) is 5.56 Å². The minimum Gasteiger partial charge on any atom is -0.504 e. The minimum absolute atomic E-state index is 0.104. The van der Waals surface area contributed by atoms with E-state index in [2.05, 4.69) is 5.32 Å². The number of carbonyl (C=O) groups excluding carboxylic acids is 1. The van der Waals surface area contributed by atoms with Gasteiger partial charge in [0.05, 0.1) is 13.2 Å². The zero-order chi connectivity index (χ0) is 17.1. The van der Waals surface area contributed by atoms with Crippen molar-refractivity contribution in [1.82, 2.24) is 5.32 Å². The smallest absolute Gasteiger partial charge is 0.236 e. The highest BCUT2D eigenvalue weighted by Gasteiger charge is 2.14. The van der Waals surface area contributed by atoms with Crippen molar-refractivity contribution < 1.29 is 14.6 Å². The SMILES string of the molecule is CC.COc1ccc(CCNC(=O)[C@H](N)CC(C)C)cc1O. The number of benzene rings is 1. The molecule has 0 radical (unpaired) electrons. The van der Waals surface area contributed by atoms with E-state index < -0.39 is 6.04 Å². The molecular weight excluding hydrogens is 280 g/mol. The van der Waals surface area contributed by atoms with E-state index >= 15 is 0 Å². The van der Waals surface area contributed by atoms with Crippen molar-refractivity contribution in [1.29, 1.82) is 0 Å². The molecule has 5 nitrogen and oxygen atoms in total. The number of phenols is 1. The maximum absolute atomic E-state index is 11.7. The number of nitrogens with one attached hydrogen (secondary N) is 1. The van der Waals surface area contributed by atoms with E-state index in [1.165, 1.54) is 7.11 Å². The van der Waals surface area contributed by atoms with E-state index in [1.807, 2.05) is 33.8 Å². The van der Waals surface area contributed by atoms with Gasteiger partial charge in [-0.3, -0.25) is 4.79 Å². The normalized spacial score (nSPS) is 11.4. The molecule has 0 aromatic heterocycles. The van der Waals surface area contributed by atoms with Crippen molar-refractivity contribution in [2.75, 3.05) is 13.7 Å². The molecule has 1 rings (SSSR count). The first-order valence-corrected chi connectivity index (χ1v) is 7.83. The Hall–Kier alpha value is -1.75. The summed E-state index contributed by atoms with van der Waals surface area (Å²) in [6.45, 7) is 8.57. The molecule has 0 unspecified atom stereocenters. The van der Waals surface area contributed by atoms with Crippen LogP contribution in [-0.4, -0.2) is 30.7 Å². The van der Waals surface area contributed by atoms with E-state index in [1.54, 1.807) is 12.1 Å². The van der Waals surface area contributed by atoms with Gasteiger partial charge in [0.15, 0.2) is 11.5 Å². The zero-order valence-corrected chi connectivity index (χ0v) is 14.3. The van der Waals surface area contributed by atoms with Crippen LogP contribution in [0.25, 0.3) is 0 Å². The fourth-order valence-corrected chi connectivity index (χ4v) is 1.97. The van der Waals surface area contributed by atoms with E-state index in [-0.39, 0.29) is 11.7 Å². The Kier molecular flexibility index (Phi) is 10.0. The van der Waals surface area contributed by atoms with E-state index in [0.29, 0.717) is 31.1 Å². The highest BCUT2D eigenvalue weighted by atomic mass is 16.5. The van der Waals surface area contributed by atoms with Crippen molar-refractivity contribution >= 4 is 5.91 Å². The molecule has 0 saturated carbocycles. The number of methoxy groups -OCH3 is 1. The van der Waals surface area contributed by atoms with Gasteiger partial charge in [0, 0.05) is 6.54 Å². The highest BCUT2D eigenvalue weighted by Crippen LogP contribution is 2.26. The topological polar surface area (TPSA) is 84.6 Å². The van der Waals surface area contributed by atoms with Gasteiger partial charge >= 0.3 is 0 Å². The van der Waals surface area contributed by atoms with E-state index in [4.69, 9.17) is 10.5 Å². The number of hydrogen-bond acceptors (Lipinski definition) is 4. The first kappa shape index (κ1) is 20.2. The monoisotopic (exact) mass is 310 g/mol. The summed E-state index contributed by atoms with van der Waals surface area (Å²) in [5.74, 6) is 0.815. The quantitative estimate of drug-likeness (QED) is 0.722. The Morgan fingerprint density at radius 1 is 1.36 bits per heavy atom. The first-order valence-electron chi connectivity index (χ1n) is 7.83. The molecule has 0 aliphatic heterocycles. The Balaban J connectivity index is 0.00000211. The largest absolute Gasteiger partial charge is 0.504 e. The lowest BCUT2D eigenvalue weighted by Gasteiger charge is -2.14. The number of carbonyl (C=O) groups is 1. The lowest BCUT2D eigenvalue weighted by Crippen LogP contribution is -2.42. The fourth-order valence-electron chi connectivity index (χ4n) is 1.97. The average molecular weight is 310 g/mol. The Morgan fingerprint density at radius 2 is 2.00 bits per heavy atom. The summed E-state index contributed by atoms with van der Waals surface area (Å²) in [5, 5.41) is 12.5. The molecule has 4 N–H and O–H groups in total. The van der Waals surface area contributed by atoms with Gasteiger partial charge in [0.1, 0.15) is 0 Å². The molecule has 126 valence electrons. The van der Waals surface area contributed by atoms with Crippen LogP contribution >= 0.6 is 0 Å². The van der Waals surface area contributed by atoms with Gasteiger partial charge < -0.3 is 20.9 Å². The number of phenolic OH excluding ortho intramolecular Hbond substituents is 1. The van der Waals surface area contributed by atoms with Crippen molar-refractivity contribution in [3.63, 3.8) is 0 Å². The second-order valence-corrected chi connectivity index (χ2v) is 5.28.